The van der Waals surface area contributed by atoms with E-state index >= 15 is 0 Å². The molecule has 0 fully saturated rings. The van der Waals surface area contributed by atoms with Gasteiger partial charge in [-0.15, -0.1) is 0 Å². The highest BCUT2D eigenvalue weighted by molar-refractivity contribution is 6.68. The van der Waals surface area contributed by atoms with Crippen LogP contribution in [0.25, 0.3) is 0 Å². The van der Waals surface area contributed by atoms with Gasteiger partial charge in [-0.1, -0.05) is 53.0 Å². The summed E-state index contributed by atoms with van der Waals surface area (Å²) in [4.78, 5) is 0. The maximum absolute atomic E-state index is 6.25. The van der Waals surface area contributed by atoms with Crippen LogP contribution in [0.4, 0.5) is 0 Å². The van der Waals surface area contributed by atoms with Crippen LogP contribution in [0.5, 0.6) is 17.2 Å². The first-order valence-corrected chi connectivity index (χ1v) is 8.31. The van der Waals surface area contributed by atoms with E-state index in [0.717, 1.165) is 16.9 Å². The highest BCUT2D eigenvalue weighted by atomic mass is 35.6. The first-order valence-electron chi connectivity index (χ1n) is 7.18. The Morgan fingerprint density at radius 1 is 1.00 bits per heavy atom. The first-order chi connectivity index (χ1) is 11.0. The molecule has 2 aromatic carbocycles. The van der Waals surface area contributed by atoms with E-state index in [0.29, 0.717) is 18.1 Å². The molecule has 1 unspecified atom stereocenters. The fraction of sp³-hybridized carbons (Fsp3) is 0.294. The van der Waals surface area contributed by atoms with E-state index < -0.39 is 9.71 Å². The lowest BCUT2D eigenvalue weighted by molar-refractivity contribution is 0.174. The Morgan fingerprint density at radius 2 is 1.65 bits per heavy atom. The van der Waals surface area contributed by atoms with Gasteiger partial charge in [0, 0.05) is 0 Å². The van der Waals surface area contributed by atoms with Crippen LogP contribution < -0.4 is 14.2 Å². The van der Waals surface area contributed by atoms with Crippen molar-refractivity contribution in [2.45, 2.75) is 16.6 Å². The van der Waals surface area contributed by atoms with Crippen molar-refractivity contribution in [2.24, 2.45) is 0 Å². The van der Waals surface area contributed by atoms with E-state index in [1.807, 2.05) is 49.4 Å². The van der Waals surface area contributed by atoms with Crippen molar-refractivity contribution in [1.82, 2.24) is 0 Å². The van der Waals surface area contributed by atoms with Crippen molar-refractivity contribution in [2.75, 3.05) is 13.4 Å². The Hall–Kier alpha value is -1.29. The number of rotatable bonds is 4. The predicted octanol–water partition coefficient (Wildman–Crippen LogP) is 5.32. The van der Waals surface area contributed by atoms with Crippen molar-refractivity contribution < 1.29 is 14.2 Å². The number of fused-ring (bicyclic) bond motifs is 1. The molecule has 0 saturated heterocycles. The molecule has 2 aromatic rings. The molecule has 0 amide bonds. The van der Waals surface area contributed by atoms with Crippen LogP contribution in [-0.2, 0) is 0 Å². The van der Waals surface area contributed by atoms with Crippen molar-refractivity contribution in [3.8, 4) is 17.2 Å². The minimum Gasteiger partial charge on any atom is -0.494 e. The quantitative estimate of drug-likeness (QED) is 0.679. The molecule has 0 spiro atoms. The predicted molar refractivity (Wildman–Crippen MR) is 92.3 cm³/mol. The van der Waals surface area contributed by atoms with Crippen LogP contribution in [0.3, 0.4) is 0 Å². The maximum atomic E-state index is 6.25. The third kappa shape index (κ3) is 3.63. The maximum Gasteiger partial charge on any atom is 0.231 e. The van der Waals surface area contributed by atoms with Crippen LogP contribution in [-0.4, -0.2) is 17.2 Å². The van der Waals surface area contributed by atoms with Crippen LogP contribution in [0.15, 0.2) is 42.5 Å². The standard InChI is InChI=1S/C17H15Cl3O3/c1-2-21-13-6-3-11(4-7-13)16(17(18,19)20)12-5-8-14-15(9-12)23-10-22-14/h3-9,16H,2,10H2,1H3. The van der Waals surface area contributed by atoms with Gasteiger partial charge in [0.05, 0.1) is 12.5 Å². The van der Waals surface area contributed by atoms with Gasteiger partial charge < -0.3 is 14.2 Å². The SMILES string of the molecule is CCOc1ccc(C(c2ccc3c(c2)OCO3)C(Cl)(Cl)Cl)cc1. The summed E-state index contributed by atoms with van der Waals surface area (Å²) in [6, 6.07) is 13.1. The fourth-order valence-electron chi connectivity index (χ4n) is 2.59. The molecule has 0 radical (unpaired) electrons. The zero-order valence-corrected chi connectivity index (χ0v) is 14.7. The molecule has 3 nitrogen and oxygen atoms in total. The second-order valence-corrected chi connectivity index (χ2v) is 7.46. The third-order valence-electron chi connectivity index (χ3n) is 3.58. The Labute approximate surface area is 150 Å². The van der Waals surface area contributed by atoms with Crippen molar-refractivity contribution in [3.63, 3.8) is 0 Å². The summed E-state index contributed by atoms with van der Waals surface area (Å²) in [6.45, 7) is 2.75. The summed E-state index contributed by atoms with van der Waals surface area (Å²) in [5, 5.41) is 0. The summed E-state index contributed by atoms with van der Waals surface area (Å²) in [6.07, 6.45) is 0. The summed E-state index contributed by atoms with van der Waals surface area (Å²) in [5.74, 6) is 1.71. The zero-order chi connectivity index (χ0) is 16.4. The van der Waals surface area contributed by atoms with Gasteiger partial charge >= 0.3 is 0 Å². The second-order valence-electron chi connectivity index (χ2n) is 5.09. The Kier molecular flexibility index (Phi) is 4.81. The van der Waals surface area contributed by atoms with Crippen molar-refractivity contribution in [1.29, 1.82) is 0 Å². The van der Waals surface area contributed by atoms with E-state index in [2.05, 4.69) is 0 Å². The molecule has 6 heteroatoms. The van der Waals surface area contributed by atoms with Gasteiger partial charge in [0.25, 0.3) is 0 Å². The van der Waals surface area contributed by atoms with E-state index in [-0.39, 0.29) is 6.79 Å². The van der Waals surface area contributed by atoms with Gasteiger partial charge in [0.2, 0.25) is 10.6 Å². The summed E-state index contributed by atoms with van der Waals surface area (Å²) >= 11 is 18.7. The van der Waals surface area contributed by atoms with E-state index in [1.165, 1.54) is 0 Å². The first kappa shape index (κ1) is 16.6. The lowest BCUT2D eigenvalue weighted by atomic mass is 9.92. The van der Waals surface area contributed by atoms with Crippen LogP contribution in [0, 0.1) is 0 Å². The third-order valence-corrected chi connectivity index (χ3v) is 4.24. The minimum absolute atomic E-state index is 0.209. The lowest BCUT2D eigenvalue weighted by Gasteiger charge is -2.25. The molecule has 0 aliphatic carbocycles. The number of hydrogen-bond acceptors (Lipinski definition) is 3. The molecule has 23 heavy (non-hydrogen) atoms. The molecular formula is C17H15Cl3O3. The number of hydrogen-bond donors (Lipinski definition) is 0. The molecule has 0 bridgehead atoms. The van der Waals surface area contributed by atoms with Gasteiger partial charge in [0.1, 0.15) is 5.75 Å². The number of halogens is 3. The van der Waals surface area contributed by atoms with Crippen LogP contribution in [0.2, 0.25) is 0 Å². The smallest absolute Gasteiger partial charge is 0.231 e. The van der Waals surface area contributed by atoms with Gasteiger partial charge in [-0.25, -0.2) is 0 Å². The number of ether oxygens (including phenoxy) is 3. The molecule has 1 aliphatic heterocycles. The lowest BCUT2D eigenvalue weighted by Crippen LogP contribution is -2.18. The largest absolute Gasteiger partial charge is 0.494 e. The van der Waals surface area contributed by atoms with Crippen LogP contribution >= 0.6 is 34.8 Å². The van der Waals surface area contributed by atoms with Gasteiger partial charge in [-0.05, 0) is 42.3 Å². The highest BCUT2D eigenvalue weighted by Gasteiger charge is 2.36. The molecule has 0 N–H and O–H groups in total. The fourth-order valence-corrected chi connectivity index (χ4v) is 3.34. The Morgan fingerprint density at radius 3 is 2.30 bits per heavy atom. The van der Waals surface area contributed by atoms with E-state index in [1.54, 1.807) is 0 Å². The van der Waals surface area contributed by atoms with Crippen molar-refractivity contribution in [3.05, 3.63) is 53.6 Å². The Bertz CT molecular complexity index is 680. The van der Waals surface area contributed by atoms with Gasteiger partial charge in [-0.2, -0.15) is 0 Å². The van der Waals surface area contributed by atoms with Gasteiger partial charge in [-0.3, -0.25) is 0 Å². The van der Waals surface area contributed by atoms with Crippen LogP contribution in [0.1, 0.15) is 24.0 Å². The van der Waals surface area contributed by atoms with Crippen molar-refractivity contribution >= 4 is 34.8 Å². The zero-order valence-electron chi connectivity index (χ0n) is 12.4. The highest BCUT2D eigenvalue weighted by Crippen LogP contribution is 2.47. The van der Waals surface area contributed by atoms with Gasteiger partial charge in [0.15, 0.2) is 11.5 Å². The molecular weight excluding hydrogens is 359 g/mol. The van der Waals surface area contributed by atoms with E-state index in [9.17, 15) is 0 Å². The monoisotopic (exact) mass is 372 g/mol. The molecule has 1 aliphatic rings. The molecule has 3 rings (SSSR count). The second kappa shape index (κ2) is 6.68. The summed E-state index contributed by atoms with van der Waals surface area (Å²) < 4.78 is 14.7. The summed E-state index contributed by atoms with van der Waals surface area (Å²) in [5.41, 5.74) is 1.73. The average molecular weight is 374 g/mol. The normalized spacial score (nSPS) is 14.6. The average Bonchev–Trinajstić information content (AvgIpc) is 2.96. The number of alkyl halides is 3. The van der Waals surface area contributed by atoms with E-state index in [4.69, 9.17) is 49.0 Å². The Balaban J connectivity index is 1.98. The molecule has 122 valence electrons. The topological polar surface area (TPSA) is 27.7 Å². The molecule has 1 heterocycles. The molecule has 1 atom stereocenters. The molecule has 0 aromatic heterocycles. The minimum atomic E-state index is -1.50. The number of benzene rings is 2. The summed E-state index contributed by atoms with van der Waals surface area (Å²) in [7, 11) is 0. The molecule has 0 saturated carbocycles.